The van der Waals surface area contributed by atoms with Crippen LogP contribution in [0.25, 0.3) is 11.1 Å². The fourth-order valence-corrected chi connectivity index (χ4v) is 4.38. The quantitative estimate of drug-likeness (QED) is 0.331. The average molecular weight is 465 g/mol. The predicted octanol–water partition coefficient (Wildman–Crippen LogP) is 5.67. The van der Waals surface area contributed by atoms with Crippen LogP contribution in [-0.2, 0) is 21.4 Å². The minimum Gasteiger partial charge on any atom is -0.494 e. The molecule has 0 spiro atoms. The van der Waals surface area contributed by atoms with Crippen molar-refractivity contribution in [1.82, 2.24) is 4.90 Å². The molecule has 0 unspecified atom stereocenters. The number of hydrogen-bond acceptors (Lipinski definition) is 4. The molecular formula is C28H36N2O4. The molecule has 0 bridgehead atoms. The van der Waals surface area contributed by atoms with Crippen molar-refractivity contribution in [3.8, 4) is 16.9 Å². The fraction of sp³-hybridized carbons (Fsp3) is 0.464. The van der Waals surface area contributed by atoms with Crippen molar-refractivity contribution in [3.63, 3.8) is 0 Å². The maximum atomic E-state index is 12.3. The van der Waals surface area contributed by atoms with E-state index >= 15 is 0 Å². The number of amides is 1. The third-order valence-electron chi connectivity index (χ3n) is 6.50. The van der Waals surface area contributed by atoms with E-state index in [9.17, 15) is 14.7 Å². The van der Waals surface area contributed by atoms with E-state index < -0.39 is 11.4 Å². The van der Waals surface area contributed by atoms with Gasteiger partial charge < -0.3 is 14.7 Å². The number of benzene rings is 2. The highest BCUT2D eigenvalue weighted by Gasteiger charge is 2.53. The third-order valence-corrected chi connectivity index (χ3v) is 6.50. The van der Waals surface area contributed by atoms with Crippen LogP contribution in [0.3, 0.4) is 0 Å². The number of carboxylic acid groups (broad SMARTS) is 1. The van der Waals surface area contributed by atoms with Crippen LogP contribution in [0.4, 0.5) is 0 Å². The fourth-order valence-electron chi connectivity index (χ4n) is 4.38. The van der Waals surface area contributed by atoms with Crippen molar-refractivity contribution >= 4 is 17.7 Å². The molecule has 2 aromatic rings. The van der Waals surface area contributed by atoms with Gasteiger partial charge >= 0.3 is 5.97 Å². The van der Waals surface area contributed by atoms with Gasteiger partial charge in [0.25, 0.3) is 0 Å². The topological polar surface area (TPSA) is 90.7 Å². The Kier molecular flexibility index (Phi) is 8.13. The lowest BCUT2D eigenvalue weighted by Crippen LogP contribution is -2.38. The molecule has 182 valence electrons. The lowest BCUT2D eigenvalue weighted by molar-refractivity contribution is -0.140. The number of rotatable bonds is 11. The number of carbonyl (C=O) groups excluding carboxylic acids is 1. The Morgan fingerprint density at radius 3 is 2.41 bits per heavy atom. The number of hydrogen-bond donors (Lipinski definition) is 2. The SMILES string of the molecule is CCOc1ccc(-c2cccc(CCCC(=N)N(CC)C(=O)C(C)C)c2)cc1C1(C(=O)O)CC1. The van der Waals surface area contributed by atoms with Crippen molar-refractivity contribution in [2.45, 2.75) is 65.2 Å². The number of aryl methyl sites for hydroxylation is 1. The van der Waals surface area contributed by atoms with Gasteiger partial charge in [-0.15, -0.1) is 0 Å². The zero-order valence-corrected chi connectivity index (χ0v) is 20.7. The van der Waals surface area contributed by atoms with E-state index in [0.29, 0.717) is 44.0 Å². The van der Waals surface area contributed by atoms with Gasteiger partial charge in [0.05, 0.1) is 12.0 Å². The van der Waals surface area contributed by atoms with Crippen LogP contribution in [0.2, 0.25) is 0 Å². The molecule has 0 radical (unpaired) electrons. The maximum absolute atomic E-state index is 12.3. The second-order valence-electron chi connectivity index (χ2n) is 9.27. The molecule has 1 amide bonds. The summed E-state index contributed by atoms with van der Waals surface area (Å²) in [5.74, 6) is 0.107. The molecular weight excluding hydrogens is 428 g/mol. The number of amidine groups is 1. The first kappa shape index (κ1) is 25.5. The molecule has 2 aromatic carbocycles. The summed E-state index contributed by atoms with van der Waals surface area (Å²) in [4.78, 5) is 25.8. The maximum Gasteiger partial charge on any atom is 0.314 e. The molecule has 2 N–H and O–H groups in total. The van der Waals surface area contributed by atoms with Crippen LogP contribution in [0, 0.1) is 11.3 Å². The highest BCUT2D eigenvalue weighted by Crippen LogP contribution is 2.52. The third kappa shape index (κ3) is 5.49. The predicted molar refractivity (Wildman–Crippen MR) is 134 cm³/mol. The summed E-state index contributed by atoms with van der Waals surface area (Å²) < 4.78 is 5.75. The van der Waals surface area contributed by atoms with Gasteiger partial charge in [0.15, 0.2) is 0 Å². The Labute approximate surface area is 202 Å². The van der Waals surface area contributed by atoms with Crippen molar-refractivity contribution in [2.24, 2.45) is 5.92 Å². The first-order chi connectivity index (χ1) is 16.2. The van der Waals surface area contributed by atoms with E-state index in [-0.39, 0.29) is 11.8 Å². The number of ether oxygens (including phenoxy) is 1. The minimum atomic E-state index is -0.836. The van der Waals surface area contributed by atoms with Crippen molar-refractivity contribution in [3.05, 3.63) is 53.6 Å². The molecule has 1 fully saturated rings. The highest BCUT2D eigenvalue weighted by atomic mass is 16.5. The van der Waals surface area contributed by atoms with Crippen molar-refractivity contribution in [1.29, 1.82) is 5.41 Å². The number of carbonyl (C=O) groups is 2. The molecule has 0 atom stereocenters. The van der Waals surface area contributed by atoms with Crippen LogP contribution in [-0.4, -0.2) is 40.9 Å². The normalized spacial score (nSPS) is 14.0. The van der Waals surface area contributed by atoms with Gasteiger partial charge in [-0.3, -0.25) is 15.0 Å². The van der Waals surface area contributed by atoms with E-state index in [0.717, 1.165) is 35.1 Å². The van der Waals surface area contributed by atoms with E-state index in [2.05, 4.69) is 12.1 Å². The van der Waals surface area contributed by atoms with Gasteiger partial charge in [0.2, 0.25) is 5.91 Å². The van der Waals surface area contributed by atoms with Gasteiger partial charge in [-0.25, -0.2) is 0 Å². The Balaban J connectivity index is 1.74. The molecule has 3 rings (SSSR count). The Morgan fingerprint density at radius 1 is 1.12 bits per heavy atom. The molecule has 0 aromatic heterocycles. The molecule has 1 saturated carbocycles. The summed E-state index contributed by atoms with van der Waals surface area (Å²) in [5, 5.41) is 18.2. The second-order valence-corrected chi connectivity index (χ2v) is 9.27. The summed E-state index contributed by atoms with van der Waals surface area (Å²) in [6.07, 6.45) is 3.39. The lowest BCUT2D eigenvalue weighted by atomic mass is 9.91. The molecule has 6 heteroatoms. The first-order valence-electron chi connectivity index (χ1n) is 12.2. The highest BCUT2D eigenvalue weighted by molar-refractivity contribution is 5.97. The molecule has 0 saturated heterocycles. The van der Waals surface area contributed by atoms with E-state index in [4.69, 9.17) is 10.1 Å². The first-order valence-corrected chi connectivity index (χ1v) is 12.2. The van der Waals surface area contributed by atoms with Gasteiger partial charge in [0, 0.05) is 24.4 Å². The number of carboxylic acids is 1. The monoisotopic (exact) mass is 464 g/mol. The summed E-state index contributed by atoms with van der Waals surface area (Å²) in [5.41, 5.74) is 3.08. The summed E-state index contributed by atoms with van der Waals surface area (Å²) in [6, 6.07) is 14.1. The Morgan fingerprint density at radius 2 is 1.82 bits per heavy atom. The second kappa shape index (κ2) is 10.9. The van der Waals surface area contributed by atoms with Crippen molar-refractivity contribution in [2.75, 3.05) is 13.2 Å². The lowest BCUT2D eigenvalue weighted by Gasteiger charge is -2.23. The van der Waals surface area contributed by atoms with Crippen LogP contribution < -0.4 is 4.74 Å². The molecule has 1 aliphatic rings. The van der Waals surface area contributed by atoms with E-state index in [1.165, 1.54) is 0 Å². The molecule has 0 aliphatic heterocycles. The molecule has 1 aliphatic carbocycles. The zero-order valence-electron chi connectivity index (χ0n) is 20.7. The Bertz CT molecular complexity index is 1060. The molecule has 6 nitrogen and oxygen atoms in total. The van der Waals surface area contributed by atoms with Crippen LogP contribution >= 0.6 is 0 Å². The summed E-state index contributed by atoms with van der Waals surface area (Å²) >= 11 is 0. The zero-order chi connectivity index (χ0) is 24.9. The molecule has 0 heterocycles. The van der Waals surface area contributed by atoms with Gasteiger partial charge in [-0.2, -0.15) is 0 Å². The molecule has 34 heavy (non-hydrogen) atoms. The van der Waals surface area contributed by atoms with Gasteiger partial charge in [-0.1, -0.05) is 44.2 Å². The van der Waals surface area contributed by atoms with Crippen LogP contribution in [0.1, 0.15) is 64.5 Å². The number of aliphatic carboxylic acids is 1. The number of nitrogens with one attached hydrogen (secondary N) is 1. The summed E-state index contributed by atoms with van der Waals surface area (Å²) in [6.45, 7) is 8.53. The minimum absolute atomic E-state index is 0.00408. The summed E-state index contributed by atoms with van der Waals surface area (Å²) in [7, 11) is 0. The van der Waals surface area contributed by atoms with E-state index in [1.54, 1.807) is 4.90 Å². The van der Waals surface area contributed by atoms with Crippen LogP contribution in [0.5, 0.6) is 5.75 Å². The van der Waals surface area contributed by atoms with Gasteiger partial charge in [0.1, 0.15) is 11.6 Å². The smallest absolute Gasteiger partial charge is 0.314 e. The Hall–Kier alpha value is -3.15. The largest absolute Gasteiger partial charge is 0.494 e. The van der Waals surface area contributed by atoms with E-state index in [1.807, 2.05) is 58.0 Å². The van der Waals surface area contributed by atoms with Gasteiger partial charge in [-0.05, 0) is 68.4 Å². The average Bonchev–Trinajstić information content (AvgIpc) is 3.62. The standard InChI is InChI=1S/C28H36N2O4/c1-5-30(26(31)19(3)4)25(29)12-8-10-20-9-7-11-21(17-20)22-13-14-24(34-6-2)23(18-22)28(15-16-28)27(32)33/h7,9,11,13-14,17-19,29H,5-6,8,10,12,15-16H2,1-4H3,(H,32,33). The van der Waals surface area contributed by atoms with Crippen molar-refractivity contribution < 1.29 is 19.4 Å². The number of nitrogens with zero attached hydrogens (tertiary/aromatic N) is 1. The van der Waals surface area contributed by atoms with Crippen LogP contribution in [0.15, 0.2) is 42.5 Å².